The van der Waals surface area contributed by atoms with Gasteiger partial charge in [-0.15, -0.1) is 0 Å². The fourth-order valence-electron chi connectivity index (χ4n) is 2.35. The summed E-state index contributed by atoms with van der Waals surface area (Å²) in [4.78, 5) is 11.1. The molecule has 0 aliphatic heterocycles. The largest absolute Gasteiger partial charge is 0.481 e. The van der Waals surface area contributed by atoms with E-state index in [4.69, 9.17) is 19.7 Å². The Hall–Kier alpha value is -0.690. The molecule has 6 nitrogen and oxygen atoms in total. The minimum absolute atomic E-state index is 0.0417. The quantitative estimate of drug-likeness (QED) is 0.393. The molecule has 0 rings (SSSR count). The van der Waals surface area contributed by atoms with Crippen LogP contribution in [0.3, 0.4) is 0 Å². The zero-order valence-electron chi connectivity index (χ0n) is 15.8. The zero-order valence-corrected chi connectivity index (χ0v) is 15.8. The van der Waals surface area contributed by atoms with Crippen LogP contribution in [0.2, 0.25) is 0 Å². The lowest BCUT2D eigenvalue weighted by Crippen LogP contribution is -2.29. The van der Waals surface area contributed by atoms with Crippen LogP contribution < -0.4 is 0 Å². The van der Waals surface area contributed by atoms with Crippen LogP contribution in [0.15, 0.2) is 0 Å². The first-order valence-corrected chi connectivity index (χ1v) is 9.15. The number of hydrogen-bond donors (Lipinski definition) is 3. The van der Waals surface area contributed by atoms with Crippen molar-refractivity contribution < 1.29 is 29.6 Å². The average Bonchev–Trinajstić information content (AvgIpc) is 2.59. The van der Waals surface area contributed by atoms with E-state index < -0.39 is 11.4 Å². The van der Waals surface area contributed by atoms with E-state index in [9.17, 15) is 9.90 Å². The van der Waals surface area contributed by atoms with Crippen molar-refractivity contribution >= 4 is 5.97 Å². The number of unbranched alkanes of at least 4 members (excludes halogenated alkanes) is 3. The van der Waals surface area contributed by atoms with Gasteiger partial charge in [-0.25, -0.2) is 0 Å². The second-order valence-corrected chi connectivity index (χ2v) is 5.78. The molecule has 6 heteroatoms. The van der Waals surface area contributed by atoms with E-state index in [1.807, 2.05) is 13.8 Å². The SMILES string of the molecule is CCCCCCC(CC)(CC)C(=O)O.OCCOCCOCCO. The van der Waals surface area contributed by atoms with E-state index in [2.05, 4.69) is 6.92 Å². The van der Waals surface area contributed by atoms with Crippen LogP contribution in [0.5, 0.6) is 0 Å². The van der Waals surface area contributed by atoms with Gasteiger partial charge in [-0.3, -0.25) is 4.79 Å². The third-order valence-electron chi connectivity index (χ3n) is 4.16. The third-order valence-corrected chi connectivity index (χ3v) is 4.16. The molecule has 0 atom stereocenters. The Morgan fingerprint density at radius 1 is 0.833 bits per heavy atom. The van der Waals surface area contributed by atoms with Gasteiger partial charge >= 0.3 is 5.97 Å². The van der Waals surface area contributed by atoms with Crippen LogP contribution in [0.4, 0.5) is 0 Å². The lowest BCUT2D eigenvalue weighted by atomic mass is 9.78. The first-order valence-electron chi connectivity index (χ1n) is 9.15. The number of aliphatic carboxylic acids is 1. The van der Waals surface area contributed by atoms with Gasteiger partial charge in [0.1, 0.15) is 0 Å². The number of carbonyl (C=O) groups is 1. The minimum Gasteiger partial charge on any atom is -0.481 e. The standard InChI is InChI=1S/C12H24O2.C6H14O4/c1-4-7-8-9-10-12(5-2,6-3)11(13)14;7-1-3-9-5-6-10-4-2-8/h4-10H2,1-3H3,(H,13,14);7-8H,1-6H2. The highest BCUT2D eigenvalue weighted by molar-refractivity contribution is 5.74. The Kier molecular flexibility index (Phi) is 19.8. The fourth-order valence-corrected chi connectivity index (χ4v) is 2.35. The van der Waals surface area contributed by atoms with Gasteiger partial charge in [0.2, 0.25) is 0 Å². The van der Waals surface area contributed by atoms with Crippen LogP contribution in [0, 0.1) is 5.41 Å². The van der Waals surface area contributed by atoms with Gasteiger partial charge in [0.05, 0.1) is 45.1 Å². The molecule has 3 N–H and O–H groups in total. The molecule has 0 aliphatic rings. The van der Waals surface area contributed by atoms with E-state index in [0.29, 0.717) is 26.4 Å². The molecule has 0 heterocycles. The average molecular weight is 350 g/mol. The second kappa shape index (κ2) is 18.6. The van der Waals surface area contributed by atoms with Crippen molar-refractivity contribution in [2.24, 2.45) is 5.41 Å². The van der Waals surface area contributed by atoms with Crippen molar-refractivity contribution in [1.82, 2.24) is 0 Å². The molecular formula is C18H38O6. The summed E-state index contributed by atoms with van der Waals surface area (Å²) in [6, 6.07) is 0. The van der Waals surface area contributed by atoms with Gasteiger partial charge in [-0.2, -0.15) is 0 Å². The molecular weight excluding hydrogens is 312 g/mol. The molecule has 0 fully saturated rings. The molecule has 0 aromatic rings. The van der Waals surface area contributed by atoms with Gasteiger partial charge in [0.15, 0.2) is 0 Å². The molecule has 0 unspecified atom stereocenters. The zero-order chi connectivity index (χ0) is 18.7. The smallest absolute Gasteiger partial charge is 0.309 e. The first-order chi connectivity index (χ1) is 11.5. The Bertz CT molecular complexity index is 258. The molecule has 0 aliphatic carbocycles. The maximum absolute atomic E-state index is 11.1. The number of hydrogen-bond acceptors (Lipinski definition) is 5. The van der Waals surface area contributed by atoms with Crippen LogP contribution >= 0.6 is 0 Å². The Labute approximate surface area is 147 Å². The predicted octanol–water partition coefficient (Wildman–Crippen LogP) is 2.85. The van der Waals surface area contributed by atoms with Crippen molar-refractivity contribution in [2.45, 2.75) is 65.7 Å². The van der Waals surface area contributed by atoms with E-state index in [1.165, 1.54) is 19.3 Å². The molecule has 0 saturated carbocycles. The number of aliphatic hydroxyl groups is 2. The maximum Gasteiger partial charge on any atom is 0.309 e. The van der Waals surface area contributed by atoms with Gasteiger partial charge in [-0.05, 0) is 19.3 Å². The van der Waals surface area contributed by atoms with E-state index in [1.54, 1.807) is 0 Å². The highest BCUT2D eigenvalue weighted by Gasteiger charge is 2.33. The van der Waals surface area contributed by atoms with Crippen molar-refractivity contribution in [3.63, 3.8) is 0 Å². The molecule has 0 amide bonds. The number of ether oxygens (including phenoxy) is 2. The summed E-state index contributed by atoms with van der Waals surface area (Å²) in [7, 11) is 0. The Morgan fingerprint density at radius 3 is 1.67 bits per heavy atom. The topological polar surface area (TPSA) is 96.2 Å². The summed E-state index contributed by atoms with van der Waals surface area (Å²) >= 11 is 0. The van der Waals surface area contributed by atoms with E-state index in [-0.39, 0.29) is 13.2 Å². The van der Waals surface area contributed by atoms with Crippen molar-refractivity contribution in [3.8, 4) is 0 Å². The monoisotopic (exact) mass is 350 g/mol. The number of carboxylic acids is 1. The lowest BCUT2D eigenvalue weighted by Gasteiger charge is -2.26. The molecule has 0 radical (unpaired) electrons. The van der Waals surface area contributed by atoms with Gasteiger partial charge in [0, 0.05) is 0 Å². The first kappa shape index (κ1) is 25.5. The maximum atomic E-state index is 11.1. The highest BCUT2D eigenvalue weighted by atomic mass is 16.5. The molecule has 0 aromatic heterocycles. The van der Waals surface area contributed by atoms with Gasteiger partial charge in [-0.1, -0.05) is 46.5 Å². The summed E-state index contributed by atoms with van der Waals surface area (Å²) in [6.45, 7) is 7.87. The van der Waals surface area contributed by atoms with Crippen LogP contribution in [-0.2, 0) is 14.3 Å². The molecule has 24 heavy (non-hydrogen) atoms. The van der Waals surface area contributed by atoms with Crippen LogP contribution in [-0.4, -0.2) is 60.9 Å². The summed E-state index contributed by atoms with van der Waals surface area (Å²) < 4.78 is 9.75. The number of carboxylic acid groups (broad SMARTS) is 1. The van der Waals surface area contributed by atoms with Crippen molar-refractivity contribution in [2.75, 3.05) is 39.6 Å². The number of aliphatic hydroxyl groups excluding tert-OH is 2. The second-order valence-electron chi connectivity index (χ2n) is 5.78. The molecule has 0 saturated heterocycles. The number of rotatable bonds is 15. The fraction of sp³-hybridized carbons (Fsp3) is 0.944. The summed E-state index contributed by atoms with van der Waals surface area (Å²) in [6.07, 6.45) is 7.01. The van der Waals surface area contributed by atoms with Crippen LogP contribution in [0.1, 0.15) is 65.7 Å². The normalized spacial score (nSPS) is 11.0. The molecule has 0 bridgehead atoms. The van der Waals surface area contributed by atoms with Crippen molar-refractivity contribution in [1.29, 1.82) is 0 Å². The van der Waals surface area contributed by atoms with Gasteiger partial charge in [0.25, 0.3) is 0 Å². The van der Waals surface area contributed by atoms with Crippen LogP contribution in [0.25, 0.3) is 0 Å². The summed E-state index contributed by atoms with van der Waals surface area (Å²) in [5, 5.41) is 25.7. The summed E-state index contributed by atoms with van der Waals surface area (Å²) in [5.74, 6) is -0.612. The summed E-state index contributed by atoms with van der Waals surface area (Å²) in [5.41, 5.74) is -0.451. The van der Waals surface area contributed by atoms with Gasteiger partial charge < -0.3 is 24.8 Å². The Balaban J connectivity index is 0. The Morgan fingerprint density at radius 2 is 1.33 bits per heavy atom. The minimum atomic E-state index is -0.612. The lowest BCUT2D eigenvalue weighted by molar-refractivity contribution is -0.150. The van der Waals surface area contributed by atoms with Crippen molar-refractivity contribution in [3.05, 3.63) is 0 Å². The highest BCUT2D eigenvalue weighted by Crippen LogP contribution is 2.33. The molecule has 0 spiro atoms. The van der Waals surface area contributed by atoms with E-state index in [0.717, 1.165) is 25.7 Å². The third kappa shape index (κ3) is 13.7. The predicted molar refractivity (Wildman–Crippen MR) is 95.2 cm³/mol. The molecule has 0 aromatic carbocycles. The molecule has 146 valence electrons. The van der Waals surface area contributed by atoms with E-state index >= 15 is 0 Å².